The second-order valence-electron chi connectivity index (χ2n) is 4.62. The van der Waals surface area contributed by atoms with Crippen LogP contribution in [0, 0.1) is 5.82 Å². The van der Waals surface area contributed by atoms with Gasteiger partial charge in [-0.1, -0.05) is 35.8 Å². The summed E-state index contributed by atoms with van der Waals surface area (Å²) in [5.74, 6) is 5.39. The van der Waals surface area contributed by atoms with E-state index in [4.69, 9.17) is 5.84 Å². The first-order chi connectivity index (χ1) is 9.10. The maximum atomic E-state index is 13.0. The third kappa shape index (κ3) is 5.57. The van der Waals surface area contributed by atoms with E-state index in [-0.39, 0.29) is 11.9 Å². The molecular formula is C14H23BrFN3. The lowest BCUT2D eigenvalue weighted by molar-refractivity contribution is 0.280. The first kappa shape index (κ1) is 16.6. The van der Waals surface area contributed by atoms with Crippen LogP contribution in [0.5, 0.6) is 0 Å². The molecular weight excluding hydrogens is 309 g/mol. The van der Waals surface area contributed by atoms with Gasteiger partial charge < -0.3 is 4.90 Å². The van der Waals surface area contributed by atoms with Crippen LogP contribution >= 0.6 is 15.9 Å². The molecule has 1 aromatic rings. The molecule has 1 aromatic carbocycles. The summed E-state index contributed by atoms with van der Waals surface area (Å²) in [7, 11) is 0. The molecule has 0 radical (unpaired) electrons. The van der Waals surface area contributed by atoms with Crippen LogP contribution in [-0.2, 0) is 6.42 Å². The van der Waals surface area contributed by atoms with Crippen molar-refractivity contribution in [2.45, 2.75) is 32.7 Å². The third-order valence-electron chi connectivity index (χ3n) is 3.41. The highest BCUT2D eigenvalue weighted by molar-refractivity contribution is 9.10. The lowest BCUT2D eigenvalue weighted by atomic mass is 10.0. The molecule has 0 aliphatic rings. The van der Waals surface area contributed by atoms with E-state index in [1.54, 1.807) is 6.07 Å². The standard InChI is InChI=1S/C14H23BrFN3/c1-3-19(4-2)8-7-13(18-17)9-11-5-6-12(16)10-14(11)15/h5-6,10,13,18H,3-4,7-9,17H2,1-2H3. The van der Waals surface area contributed by atoms with Crippen LogP contribution in [0.25, 0.3) is 0 Å². The summed E-state index contributed by atoms with van der Waals surface area (Å²) in [6.45, 7) is 7.43. The maximum absolute atomic E-state index is 13.0. The predicted molar refractivity (Wildman–Crippen MR) is 81.3 cm³/mol. The van der Waals surface area contributed by atoms with Crippen LogP contribution in [0.4, 0.5) is 4.39 Å². The van der Waals surface area contributed by atoms with Crippen molar-refractivity contribution in [3.63, 3.8) is 0 Å². The third-order valence-corrected chi connectivity index (χ3v) is 4.14. The van der Waals surface area contributed by atoms with Crippen molar-refractivity contribution >= 4 is 15.9 Å². The molecule has 0 saturated carbocycles. The number of rotatable bonds is 8. The largest absolute Gasteiger partial charge is 0.304 e. The van der Waals surface area contributed by atoms with Crippen molar-refractivity contribution in [2.24, 2.45) is 5.84 Å². The summed E-state index contributed by atoms with van der Waals surface area (Å²) in [4.78, 5) is 2.37. The Morgan fingerprint density at radius 3 is 2.58 bits per heavy atom. The summed E-state index contributed by atoms with van der Waals surface area (Å²) < 4.78 is 13.8. The van der Waals surface area contributed by atoms with Gasteiger partial charge in [0.2, 0.25) is 0 Å². The fraction of sp³-hybridized carbons (Fsp3) is 0.571. The second kappa shape index (κ2) is 8.64. The van der Waals surface area contributed by atoms with Gasteiger partial charge in [-0.05, 0) is 50.2 Å². The molecule has 0 heterocycles. The van der Waals surface area contributed by atoms with E-state index in [2.05, 4.69) is 40.1 Å². The van der Waals surface area contributed by atoms with Gasteiger partial charge in [0.1, 0.15) is 5.82 Å². The van der Waals surface area contributed by atoms with E-state index < -0.39 is 0 Å². The van der Waals surface area contributed by atoms with Crippen LogP contribution < -0.4 is 11.3 Å². The first-order valence-electron chi connectivity index (χ1n) is 6.73. The molecule has 108 valence electrons. The van der Waals surface area contributed by atoms with Crippen molar-refractivity contribution in [1.29, 1.82) is 0 Å². The Hall–Kier alpha value is -0.490. The lowest BCUT2D eigenvalue weighted by Gasteiger charge is -2.22. The Kier molecular flexibility index (Phi) is 7.53. The van der Waals surface area contributed by atoms with Gasteiger partial charge in [0, 0.05) is 10.5 Å². The van der Waals surface area contributed by atoms with Crippen LogP contribution in [0.3, 0.4) is 0 Å². The smallest absolute Gasteiger partial charge is 0.124 e. The fourth-order valence-electron chi connectivity index (χ4n) is 2.08. The van der Waals surface area contributed by atoms with Gasteiger partial charge in [0.05, 0.1) is 0 Å². The zero-order valence-corrected chi connectivity index (χ0v) is 13.2. The quantitative estimate of drug-likeness (QED) is 0.568. The van der Waals surface area contributed by atoms with Gasteiger partial charge in [-0.2, -0.15) is 0 Å². The topological polar surface area (TPSA) is 41.3 Å². The average Bonchev–Trinajstić information content (AvgIpc) is 2.41. The zero-order chi connectivity index (χ0) is 14.3. The highest BCUT2D eigenvalue weighted by Gasteiger charge is 2.12. The molecule has 1 unspecified atom stereocenters. The van der Waals surface area contributed by atoms with Crippen molar-refractivity contribution in [3.05, 3.63) is 34.1 Å². The minimum Gasteiger partial charge on any atom is -0.304 e. The number of hydrazine groups is 1. The van der Waals surface area contributed by atoms with Crippen LogP contribution in [0.2, 0.25) is 0 Å². The van der Waals surface area contributed by atoms with Gasteiger partial charge in [-0.3, -0.25) is 11.3 Å². The minimum absolute atomic E-state index is 0.197. The van der Waals surface area contributed by atoms with Crippen LogP contribution in [0.1, 0.15) is 25.8 Å². The van der Waals surface area contributed by atoms with Gasteiger partial charge in [0.15, 0.2) is 0 Å². The molecule has 5 heteroatoms. The molecule has 0 aromatic heterocycles. The SMILES string of the molecule is CCN(CC)CCC(Cc1ccc(F)cc1Br)NN. The number of halogens is 2. The minimum atomic E-state index is -0.226. The van der Waals surface area contributed by atoms with E-state index >= 15 is 0 Å². The Morgan fingerprint density at radius 1 is 1.37 bits per heavy atom. The molecule has 0 spiro atoms. The lowest BCUT2D eigenvalue weighted by Crippen LogP contribution is -2.39. The summed E-state index contributed by atoms with van der Waals surface area (Å²) >= 11 is 3.39. The molecule has 1 rings (SSSR count). The average molecular weight is 332 g/mol. The van der Waals surface area contributed by atoms with E-state index in [1.165, 1.54) is 12.1 Å². The molecule has 0 fully saturated rings. The van der Waals surface area contributed by atoms with Gasteiger partial charge >= 0.3 is 0 Å². The Morgan fingerprint density at radius 2 is 2.05 bits per heavy atom. The summed E-state index contributed by atoms with van der Waals surface area (Å²) in [6.07, 6.45) is 1.76. The van der Waals surface area contributed by atoms with Crippen molar-refractivity contribution in [2.75, 3.05) is 19.6 Å². The van der Waals surface area contributed by atoms with Crippen LogP contribution in [-0.4, -0.2) is 30.6 Å². The first-order valence-corrected chi connectivity index (χ1v) is 7.52. The van der Waals surface area contributed by atoms with E-state index in [0.717, 1.165) is 42.5 Å². The van der Waals surface area contributed by atoms with Gasteiger partial charge in [-0.25, -0.2) is 4.39 Å². The highest BCUT2D eigenvalue weighted by atomic mass is 79.9. The molecule has 3 nitrogen and oxygen atoms in total. The summed E-state index contributed by atoms with van der Waals surface area (Å²) in [5.41, 5.74) is 3.93. The van der Waals surface area contributed by atoms with Crippen LogP contribution in [0.15, 0.2) is 22.7 Å². The van der Waals surface area contributed by atoms with E-state index in [0.29, 0.717) is 0 Å². The predicted octanol–water partition coefficient (Wildman–Crippen LogP) is 2.69. The van der Waals surface area contributed by atoms with E-state index in [9.17, 15) is 4.39 Å². The maximum Gasteiger partial charge on any atom is 0.124 e. The number of nitrogens with one attached hydrogen (secondary N) is 1. The second-order valence-corrected chi connectivity index (χ2v) is 5.47. The molecule has 0 aliphatic carbocycles. The molecule has 0 aliphatic heterocycles. The summed E-state index contributed by atoms with van der Waals surface area (Å²) in [5, 5.41) is 0. The Balaban J connectivity index is 2.56. The van der Waals surface area contributed by atoms with Gasteiger partial charge in [-0.15, -0.1) is 0 Å². The van der Waals surface area contributed by atoms with E-state index in [1.807, 2.05) is 0 Å². The monoisotopic (exact) mass is 331 g/mol. The van der Waals surface area contributed by atoms with Crippen molar-refractivity contribution in [3.8, 4) is 0 Å². The van der Waals surface area contributed by atoms with Crippen molar-refractivity contribution < 1.29 is 4.39 Å². The van der Waals surface area contributed by atoms with Crippen molar-refractivity contribution in [1.82, 2.24) is 10.3 Å². The zero-order valence-electron chi connectivity index (χ0n) is 11.6. The number of hydrogen-bond acceptors (Lipinski definition) is 3. The highest BCUT2D eigenvalue weighted by Crippen LogP contribution is 2.20. The number of benzene rings is 1. The molecule has 0 bridgehead atoms. The number of nitrogens with zero attached hydrogens (tertiary/aromatic N) is 1. The molecule has 3 N–H and O–H groups in total. The Bertz CT molecular complexity index is 383. The summed E-state index contributed by atoms with van der Waals surface area (Å²) in [6, 6.07) is 4.98. The molecule has 1 atom stereocenters. The number of nitrogens with two attached hydrogens (primary N) is 1. The normalized spacial score (nSPS) is 12.9. The fourth-order valence-corrected chi connectivity index (χ4v) is 2.59. The molecule has 0 amide bonds. The molecule has 19 heavy (non-hydrogen) atoms. The Labute approximate surface area is 123 Å². The molecule has 0 saturated heterocycles. The number of hydrogen-bond donors (Lipinski definition) is 2. The van der Waals surface area contributed by atoms with Gasteiger partial charge in [0.25, 0.3) is 0 Å².